The zero-order valence-corrected chi connectivity index (χ0v) is 13.8. The summed E-state index contributed by atoms with van der Waals surface area (Å²) in [6.07, 6.45) is 0. The van der Waals surface area contributed by atoms with E-state index in [1.54, 1.807) is 12.4 Å². The van der Waals surface area contributed by atoms with Crippen LogP contribution in [0.4, 0.5) is 0 Å². The van der Waals surface area contributed by atoms with E-state index in [2.05, 4.69) is 10.3 Å². The van der Waals surface area contributed by atoms with Crippen LogP contribution in [0, 0.1) is 0 Å². The molecule has 1 atom stereocenters. The van der Waals surface area contributed by atoms with Crippen molar-refractivity contribution in [3.8, 4) is 0 Å². The van der Waals surface area contributed by atoms with Gasteiger partial charge in [0.2, 0.25) is 0 Å². The Bertz CT molecular complexity index is 751. The first-order valence-electron chi connectivity index (χ1n) is 7.37. The number of aromatic nitrogens is 1. The van der Waals surface area contributed by atoms with Gasteiger partial charge >= 0.3 is 5.97 Å². The molecule has 1 aromatic carbocycles. The van der Waals surface area contributed by atoms with Gasteiger partial charge in [0.25, 0.3) is 0 Å². The minimum Gasteiger partial charge on any atom is -0.463 e. The number of allylic oxidation sites excluding steroid dienone is 1. The van der Waals surface area contributed by atoms with Crippen LogP contribution in [0.25, 0.3) is 0 Å². The summed E-state index contributed by atoms with van der Waals surface area (Å²) >= 11 is 1.51. The van der Waals surface area contributed by atoms with Crippen LogP contribution in [0.3, 0.4) is 0 Å². The second-order valence-electron chi connectivity index (χ2n) is 5.05. The van der Waals surface area contributed by atoms with E-state index in [4.69, 9.17) is 9.73 Å². The van der Waals surface area contributed by atoms with Gasteiger partial charge in [-0.1, -0.05) is 30.3 Å². The molecule has 1 aliphatic rings. The summed E-state index contributed by atoms with van der Waals surface area (Å²) in [6.45, 7) is 3.99. The van der Waals surface area contributed by atoms with Crippen molar-refractivity contribution >= 4 is 23.1 Å². The molecule has 3 rings (SSSR count). The largest absolute Gasteiger partial charge is 0.463 e. The summed E-state index contributed by atoms with van der Waals surface area (Å²) in [6, 6.07) is 9.35. The molecule has 0 bridgehead atoms. The summed E-state index contributed by atoms with van der Waals surface area (Å²) < 4.78 is 5.21. The fraction of sp³-hybridized carbons (Fsp3) is 0.235. The number of nitrogens with zero attached hydrogens (tertiary/aromatic N) is 2. The Kier molecular flexibility index (Phi) is 4.52. The topological polar surface area (TPSA) is 63.6 Å². The maximum atomic E-state index is 12.4. The molecule has 0 saturated carbocycles. The van der Waals surface area contributed by atoms with Crippen molar-refractivity contribution in [1.82, 2.24) is 10.3 Å². The van der Waals surface area contributed by atoms with Gasteiger partial charge in [-0.2, -0.15) is 0 Å². The van der Waals surface area contributed by atoms with Crippen molar-refractivity contribution in [2.45, 2.75) is 19.9 Å². The maximum absolute atomic E-state index is 12.4. The van der Waals surface area contributed by atoms with E-state index in [9.17, 15) is 4.79 Å². The monoisotopic (exact) mass is 327 g/mol. The molecule has 1 aromatic heterocycles. The SMILES string of the molecule is CCOC(=O)C1=C(C)NC(c2cscn2)=N[C@H]1c1ccccc1. The predicted octanol–water partition coefficient (Wildman–Crippen LogP) is 3.07. The van der Waals surface area contributed by atoms with Crippen molar-refractivity contribution in [3.05, 3.63) is 63.7 Å². The first kappa shape index (κ1) is 15.4. The van der Waals surface area contributed by atoms with Gasteiger partial charge in [-0.15, -0.1) is 11.3 Å². The Balaban J connectivity index is 2.05. The third-order valence-corrected chi connectivity index (χ3v) is 4.11. The zero-order valence-electron chi connectivity index (χ0n) is 12.9. The molecule has 0 fully saturated rings. The summed E-state index contributed by atoms with van der Waals surface area (Å²) in [5.74, 6) is 0.332. The van der Waals surface area contributed by atoms with Crippen molar-refractivity contribution < 1.29 is 9.53 Å². The van der Waals surface area contributed by atoms with Gasteiger partial charge in [0.05, 0.1) is 17.7 Å². The number of aliphatic imine (C=N–C) groups is 1. The lowest BCUT2D eigenvalue weighted by Gasteiger charge is -2.25. The Morgan fingerprint density at radius 3 is 2.78 bits per heavy atom. The second-order valence-corrected chi connectivity index (χ2v) is 5.77. The molecule has 6 heteroatoms. The first-order chi connectivity index (χ1) is 11.2. The number of nitrogens with one attached hydrogen (secondary N) is 1. The number of hydrogen-bond acceptors (Lipinski definition) is 6. The number of carbonyl (C=O) groups is 1. The van der Waals surface area contributed by atoms with E-state index in [0.717, 1.165) is 17.0 Å². The van der Waals surface area contributed by atoms with E-state index in [1.807, 2.05) is 42.6 Å². The lowest BCUT2D eigenvalue weighted by atomic mass is 9.96. The Labute approximate surface area is 138 Å². The van der Waals surface area contributed by atoms with E-state index in [0.29, 0.717) is 18.0 Å². The van der Waals surface area contributed by atoms with Crippen LogP contribution in [-0.4, -0.2) is 23.4 Å². The summed E-state index contributed by atoms with van der Waals surface area (Å²) in [5.41, 5.74) is 4.77. The Hall–Kier alpha value is -2.47. The minimum absolute atomic E-state index is 0.333. The Morgan fingerprint density at radius 2 is 2.13 bits per heavy atom. The van der Waals surface area contributed by atoms with Gasteiger partial charge in [-0.3, -0.25) is 4.99 Å². The van der Waals surface area contributed by atoms with E-state index < -0.39 is 6.04 Å². The van der Waals surface area contributed by atoms with Gasteiger partial charge in [-0.25, -0.2) is 9.78 Å². The minimum atomic E-state index is -0.395. The fourth-order valence-electron chi connectivity index (χ4n) is 2.49. The van der Waals surface area contributed by atoms with Crippen LogP contribution in [-0.2, 0) is 9.53 Å². The summed E-state index contributed by atoms with van der Waals surface area (Å²) in [7, 11) is 0. The number of benzene rings is 1. The summed E-state index contributed by atoms with van der Waals surface area (Å²) in [4.78, 5) is 21.4. The van der Waals surface area contributed by atoms with Gasteiger partial charge in [0, 0.05) is 11.1 Å². The van der Waals surface area contributed by atoms with Crippen molar-refractivity contribution in [2.75, 3.05) is 6.61 Å². The average molecular weight is 327 g/mol. The number of esters is 1. The van der Waals surface area contributed by atoms with Crippen molar-refractivity contribution in [1.29, 1.82) is 0 Å². The standard InChI is InChI=1S/C17H17N3O2S/c1-3-22-17(21)14-11(2)19-16(13-9-23-10-18-13)20-15(14)12-7-5-4-6-8-12/h4-10,15H,3H2,1-2H3,(H,19,20)/t15-/m0/s1. The highest BCUT2D eigenvalue weighted by Crippen LogP contribution is 2.32. The number of thiazole rings is 1. The third kappa shape index (κ3) is 3.17. The van der Waals surface area contributed by atoms with Crippen LogP contribution in [0.2, 0.25) is 0 Å². The zero-order chi connectivity index (χ0) is 16.2. The number of ether oxygens (including phenoxy) is 1. The molecule has 5 nitrogen and oxygen atoms in total. The Morgan fingerprint density at radius 1 is 1.35 bits per heavy atom. The van der Waals surface area contributed by atoms with Crippen molar-refractivity contribution in [3.63, 3.8) is 0 Å². The molecule has 0 unspecified atom stereocenters. The highest BCUT2D eigenvalue weighted by molar-refractivity contribution is 7.07. The van der Waals surface area contributed by atoms with Gasteiger partial charge in [0.1, 0.15) is 11.7 Å². The number of carbonyl (C=O) groups excluding carboxylic acids is 1. The van der Waals surface area contributed by atoms with E-state index >= 15 is 0 Å². The number of amidine groups is 1. The lowest BCUT2D eigenvalue weighted by molar-refractivity contribution is -0.138. The molecule has 118 valence electrons. The van der Waals surface area contributed by atoms with Crippen molar-refractivity contribution in [2.24, 2.45) is 4.99 Å². The molecule has 2 aromatic rings. The molecule has 0 amide bonds. The molecule has 0 saturated heterocycles. The van der Waals surface area contributed by atoms with Gasteiger partial charge in [-0.05, 0) is 19.4 Å². The highest BCUT2D eigenvalue weighted by atomic mass is 32.1. The van der Waals surface area contributed by atoms with E-state index in [-0.39, 0.29) is 5.97 Å². The smallest absolute Gasteiger partial charge is 0.338 e. The molecule has 1 N–H and O–H groups in total. The first-order valence-corrected chi connectivity index (χ1v) is 8.31. The molecule has 2 heterocycles. The van der Waals surface area contributed by atoms with Crippen LogP contribution in [0.1, 0.15) is 31.1 Å². The third-order valence-electron chi connectivity index (χ3n) is 3.53. The summed E-state index contributed by atoms with van der Waals surface area (Å²) in [5, 5.41) is 5.11. The quantitative estimate of drug-likeness (QED) is 0.877. The predicted molar refractivity (Wildman–Crippen MR) is 90.3 cm³/mol. The van der Waals surface area contributed by atoms with Crippen LogP contribution >= 0.6 is 11.3 Å². The lowest BCUT2D eigenvalue weighted by Crippen LogP contribution is -2.33. The van der Waals surface area contributed by atoms with Crippen LogP contribution in [0.15, 0.2) is 57.5 Å². The fourth-order valence-corrected chi connectivity index (χ4v) is 3.02. The molecule has 1 aliphatic heterocycles. The maximum Gasteiger partial charge on any atom is 0.338 e. The second kappa shape index (κ2) is 6.75. The molecule has 0 aliphatic carbocycles. The molecular formula is C17H17N3O2S. The molecule has 23 heavy (non-hydrogen) atoms. The number of rotatable bonds is 4. The highest BCUT2D eigenvalue weighted by Gasteiger charge is 2.30. The molecule has 0 radical (unpaired) electrons. The van der Waals surface area contributed by atoms with Crippen LogP contribution < -0.4 is 5.32 Å². The van der Waals surface area contributed by atoms with Gasteiger partial charge < -0.3 is 10.1 Å². The molecule has 0 spiro atoms. The number of hydrogen-bond donors (Lipinski definition) is 1. The normalized spacial score (nSPS) is 17.5. The van der Waals surface area contributed by atoms with Crippen LogP contribution in [0.5, 0.6) is 0 Å². The van der Waals surface area contributed by atoms with E-state index in [1.165, 1.54) is 11.3 Å². The molecular weight excluding hydrogens is 310 g/mol. The average Bonchev–Trinajstić information content (AvgIpc) is 3.09. The van der Waals surface area contributed by atoms with Gasteiger partial charge in [0.15, 0.2) is 5.84 Å².